The Bertz CT molecular complexity index is 570. The average molecular weight is 328 g/mol. The van der Waals surface area contributed by atoms with Crippen molar-refractivity contribution in [2.75, 3.05) is 7.05 Å². The molecule has 0 saturated carbocycles. The average Bonchev–Trinajstić information content (AvgIpc) is 2.74. The highest BCUT2D eigenvalue weighted by Crippen LogP contribution is 2.21. The summed E-state index contributed by atoms with van der Waals surface area (Å²) in [5.41, 5.74) is 0.107. The van der Waals surface area contributed by atoms with Crippen molar-refractivity contribution in [2.45, 2.75) is 6.54 Å². The van der Waals surface area contributed by atoms with Gasteiger partial charge in [0, 0.05) is 21.8 Å². The van der Waals surface area contributed by atoms with Gasteiger partial charge in [0.25, 0.3) is 5.91 Å². The molecule has 2 aromatic rings. The molecule has 2 nitrogen and oxygen atoms in total. The molecular formula is C13H11BrFNOS. The molecule has 5 heteroatoms. The number of benzene rings is 1. The predicted octanol–water partition coefficient (Wildman–Crippen LogP) is 3.92. The summed E-state index contributed by atoms with van der Waals surface area (Å²) in [6.45, 7) is 0.476. The zero-order valence-electron chi connectivity index (χ0n) is 9.69. The molecule has 1 aromatic heterocycles. The highest BCUT2D eigenvalue weighted by molar-refractivity contribution is 9.10. The molecule has 1 heterocycles. The van der Waals surface area contributed by atoms with Gasteiger partial charge in [-0.25, -0.2) is 4.39 Å². The van der Waals surface area contributed by atoms with Gasteiger partial charge in [0.15, 0.2) is 0 Å². The summed E-state index contributed by atoms with van der Waals surface area (Å²) in [4.78, 5) is 14.6. The van der Waals surface area contributed by atoms with E-state index in [1.54, 1.807) is 30.5 Å². The molecule has 94 valence electrons. The fourth-order valence-electron chi connectivity index (χ4n) is 1.58. The first-order valence-electron chi connectivity index (χ1n) is 5.31. The molecular weight excluding hydrogens is 317 g/mol. The molecule has 1 aromatic carbocycles. The molecule has 0 saturated heterocycles. The molecule has 0 N–H and O–H groups in total. The summed E-state index contributed by atoms with van der Waals surface area (Å²) in [7, 11) is 1.67. The fourth-order valence-corrected chi connectivity index (χ4v) is 3.09. The maximum Gasteiger partial charge on any atom is 0.256 e. The van der Waals surface area contributed by atoms with Crippen molar-refractivity contribution in [2.24, 2.45) is 0 Å². The number of hydrogen-bond acceptors (Lipinski definition) is 2. The van der Waals surface area contributed by atoms with Crippen LogP contribution >= 0.6 is 27.3 Å². The van der Waals surface area contributed by atoms with Crippen molar-refractivity contribution in [3.63, 3.8) is 0 Å². The van der Waals surface area contributed by atoms with Crippen LogP contribution in [0.5, 0.6) is 0 Å². The number of carbonyl (C=O) groups is 1. The second kappa shape index (κ2) is 5.63. The Balaban J connectivity index is 2.12. The van der Waals surface area contributed by atoms with E-state index in [4.69, 9.17) is 0 Å². The van der Waals surface area contributed by atoms with E-state index in [-0.39, 0.29) is 11.5 Å². The molecule has 0 radical (unpaired) electrons. The Morgan fingerprint density at radius 3 is 2.78 bits per heavy atom. The third-order valence-corrected chi connectivity index (χ3v) is 4.15. The lowest BCUT2D eigenvalue weighted by molar-refractivity contribution is 0.0782. The molecule has 0 fully saturated rings. The quantitative estimate of drug-likeness (QED) is 0.836. The van der Waals surface area contributed by atoms with Crippen LogP contribution in [-0.2, 0) is 6.54 Å². The van der Waals surface area contributed by atoms with Gasteiger partial charge >= 0.3 is 0 Å². The first-order valence-corrected chi connectivity index (χ1v) is 6.98. The first kappa shape index (κ1) is 13.2. The van der Waals surface area contributed by atoms with E-state index in [2.05, 4.69) is 15.9 Å². The lowest BCUT2D eigenvalue weighted by atomic mass is 10.2. The third-order valence-electron chi connectivity index (χ3n) is 2.47. The summed E-state index contributed by atoms with van der Waals surface area (Å²) in [5, 5.41) is 1.96. The van der Waals surface area contributed by atoms with Crippen LogP contribution in [0.1, 0.15) is 15.2 Å². The van der Waals surface area contributed by atoms with Gasteiger partial charge in [-0.1, -0.05) is 12.1 Å². The minimum Gasteiger partial charge on any atom is -0.336 e. The number of thiophene rings is 1. The molecule has 18 heavy (non-hydrogen) atoms. The van der Waals surface area contributed by atoms with Crippen molar-refractivity contribution >= 4 is 33.2 Å². The van der Waals surface area contributed by atoms with Crippen LogP contribution in [0.2, 0.25) is 0 Å². The van der Waals surface area contributed by atoms with E-state index in [9.17, 15) is 9.18 Å². The predicted molar refractivity (Wildman–Crippen MR) is 74.2 cm³/mol. The Morgan fingerprint density at radius 1 is 1.44 bits per heavy atom. The van der Waals surface area contributed by atoms with Gasteiger partial charge in [0.2, 0.25) is 0 Å². The fraction of sp³-hybridized carbons (Fsp3) is 0.154. The van der Waals surface area contributed by atoms with E-state index >= 15 is 0 Å². The zero-order chi connectivity index (χ0) is 13.1. The molecule has 0 aliphatic rings. The molecule has 0 aliphatic carbocycles. The number of carbonyl (C=O) groups excluding carboxylic acids is 1. The molecule has 2 rings (SSSR count). The molecule has 0 atom stereocenters. The first-order chi connectivity index (χ1) is 8.58. The number of amides is 1. The highest BCUT2D eigenvalue weighted by atomic mass is 79.9. The van der Waals surface area contributed by atoms with Gasteiger partial charge in [0.1, 0.15) is 5.82 Å². The van der Waals surface area contributed by atoms with Gasteiger partial charge in [0.05, 0.1) is 12.1 Å². The zero-order valence-corrected chi connectivity index (χ0v) is 12.1. The Hall–Kier alpha value is -1.20. The van der Waals surface area contributed by atoms with E-state index in [0.29, 0.717) is 6.54 Å². The third kappa shape index (κ3) is 2.97. The second-order valence-corrected chi connectivity index (χ2v) is 5.78. The van der Waals surface area contributed by atoms with Crippen molar-refractivity contribution in [3.05, 3.63) is 56.4 Å². The maximum absolute atomic E-state index is 13.5. The van der Waals surface area contributed by atoms with Crippen molar-refractivity contribution in [1.82, 2.24) is 4.90 Å². The molecule has 0 bridgehead atoms. The topological polar surface area (TPSA) is 20.3 Å². The minimum atomic E-state index is -0.485. The van der Waals surface area contributed by atoms with Gasteiger partial charge in [-0.05, 0) is 34.1 Å². The Morgan fingerprint density at radius 2 is 2.17 bits per heavy atom. The minimum absolute atomic E-state index is 0.107. The summed E-state index contributed by atoms with van der Waals surface area (Å²) in [5.74, 6) is -0.792. The van der Waals surface area contributed by atoms with Gasteiger partial charge in [-0.15, -0.1) is 11.3 Å². The van der Waals surface area contributed by atoms with Crippen LogP contribution in [0.25, 0.3) is 0 Å². The monoisotopic (exact) mass is 327 g/mol. The van der Waals surface area contributed by atoms with E-state index in [1.807, 2.05) is 11.4 Å². The highest BCUT2D eigenvalue weighted by Gasteiger charge is 2.16. The molecule has 0 unspecified atom stereocenters. The normalized spacial score (nSPS) is 10.4. The van der Waals surface area contributed by atoms with Crippen molar-refractivity contribution in [1.29, 1.82) is 0 Å². The standard InChI is InChI=1S/C13H11BrFNOS/c1-16(7-10-6-9(14)8-18-10)13(17)11-4-2-3-5-12(11)15/h2-6,8H,7H2,1H3. The summed E-state index contributed by atoms with van der Waals surface area (Å²) in [6.07, 6.45) is 0. The van der Waals surface area contributed by atoms with Crippen LogP contribution in [0, 0.1) is 5.82 Å². The van der Waals surface area contributed by atoms with E-state index < -0.39 is 5.82 Å². The number of nitrogens with zero attached hydrogens (tertiary/aromatic N) is 1. The van der Waals surface area contributed by atoms with Gasteiger partial charge < -0.3 is 4.90 Å². The van der Waals surface area contributed by atoms with Crippen LogP contribution in [0.3, 0.4) is 0 Å². The van der Waals surface area contributed by atoms with Crippen molar-refractivity contribution < 1.29 is 9.18 Å². The van der Waals surface area contributed by atoms with Crippen LogP contribution in [0.15, 0.2) is 40.2 Å². The summed E-state index contributed by atoms with van der Waals surface area (Å²) < 4.78 is 14.5. The SMILES string of the molecule is CN(Cc1cc(Br)cs1)C(=O)c1ccccc1F. The van der Waals surface area contributed by atoms with Crippen LogP contribution in [-0.4, -0.2) is 17.9 Å². The van der Waals surface area contributed by atoms with Crippen LogP contribution in [0.4, 0.5) is 4.39 Å². The van der Waals surface area contributed by atoms with E-state index in [0.717, 1.165) is 9.35 Å². The Labute approximate surface area is 117 Å². The number of hydrogen-bond donors (Lipinski definition) is 0. The number of halogens is 2. The van der Waals surface area contributed by atoms with Crippen molar-refractivity contribution in [3.8, 4) is 0 Å². The summed E-state index contributed by atoms with van der Waals surface area (Å²) in [6, 6.07) is 7.98. The smallest absolute Gasteiger partial charge is 0.256 e. The van der Waals surface area contributed by atoms with Crippen LogP contribution < -0.4 is 0 Å². The maximum atomic E-state index is 13.5. The lowest BCUT2D eigenvalue weighted by Gasteiger charge is -2.16. The van der Waals surface area contributed by atoms with Gasteiger partial charge in [-0.2, -0.15) is 0 Å². The number of rotatable bonds is 3. The van der Waals surface area contributed by atoms with E-state index in [1.165, 1.54) is 17.0 Å². The Kier molecular flexibility index (Phi) is 4.14. The molecule has 0 aliphatic heterocycles. The summed E-state index contributed by atoms with van der Waals surface area (Å²) >= 11 is 4.92. The lowest BCUT2D eigenvalue weighted by Crippen LogP contribution is -2.26. The largest absolute Gasteiger partial charge is 0.336 e. The molecule has 1 amide bonds. The molecule has 0 spiro atoms. The second-order valence-electron chi connectivity index (χ2n) is 3.87. The van der Waals surface area contributed by atoms with Gasteiger partial charge in [-0.3, -0.25) is 4.79 Å².